The molecule has 0 spiro atoms. The monoisotopic (exact) mass is 325 g/mol. The highest BCUT2D eigenvalue weighted by Gasteiger charge is 2.17. The van der Waals surface area contributed by atoms with Crippen LogP contribution in [0.25, 0.3) is 0 Å². The highest BCUT2D eigenvalue weighted by Crippen LogP contribution is 2.19. The minimum Gasteiger partial charge on any atom is -0.346 e. The summed E-state index contributed by atoms with van der Waals surface area (Å²) in [6.07, 6.45) is 1.90. The highest BCUT2D eigenvalue weighted by molar-refractivity contribution is 9.10. The molecule has 1 N–H and O–H groups in total. The SMILES string of the molecule is Cc1nn(C)cc1CNC(=O)c1nn(C)c(C)c1Br. The van der Waals surface area contributed by atoms with Crippen LogP contribution < -0.4 is 5.32 Å². The first-order valence-electron chi connectivity index (χ1n) is 5.86. The van der Waals surface area contributed by atoms with Crippen LogP contribution in [0.3, 0.4) is 0 Å². The van der Waals surface area contributed by atoms with Crippen molar-refractivity contribution in [1.29, 1.82) is 0 Å². The molecule has 0 aliphatic rings. The number of hydrogen-bond donors (Lipinski definition) is 1. The number of nitrogens with one attached hydrogen (secondary N) is 1. The van der Waals surface area contributed by atoms with E-state index < -0.39 is 0 Å². The zero-order valence-corrected chi connectivity index (χ0v) is 12.9. The summed E-state index contributed by atoms with van der Waals surface area (Å²) < 4.78 is 4.14. The Kier molecular flexibility index (Phi) is 3.75. The molecule has 2 heterocycles. The van der Waals surface area contributed by atoms with E-state index in [4.69, 9.17) is 0 Å². The predicted octanol–water partition coefficient (Wildman–Crippen LogP) is 1.46. The lowest BCUT2D eigenvalue weighted by Crippen LogP contribution is -2.24. The van der Waals surface area contributed by atoms with Gasteiger partial charge < -0.3 is 5.32 Å². The van der Waals surface area contributed by atoms with Crippen LogP contribution in [-0.2, 0) is 20.6 Å². The van der Waals surface area contributed by atoms with Crippen LogP contribution in [0.1, 0.15) is 27.4 Å². The van der Waals surface area contributed by atoms with Crippen molar-refractivity contribution < 1.29 is 4.79 Å². The van der Waals surface area contributed by atoms with Crippen molar-refractivity contribution in [1.82, 2.24) is 24.9 Å². The van der Waals surface area contributed by atoms with Gasteiger partial charge in [0.05, 0.1) is 15.9 Å². The molecule has 2 rings (SSSR count). The van der Waals surface area contributed by atoms with E-state index in [1.54, 1.807) is 9.36 Å². The number of rotatable bonds is 3. The molecule has 0 radical (unpaired) electrons. The van der Waals surface area contributed by atoms with Gasteiger partial charge in [-0.15, -0.1) is 0 Å². The van der Waals surface area contributed by atoms with Gasteiger partial charge in [-0.05, 0) is 29.8 Å². The summed E-state index contributed by atoms with van der Waals surface area (Å²) in [5.41, 5.74) is 3.24. The maximum absolute atomic E-state index is 12.1. The summed E-state index contributed by atoms with van der Waals surface area (Å²) in [4.78, 5) is 12.1. The largest absolute Gasteiger partial charge is 0.346 e. The maximum atomic E-state index is 12.1. The Morgan fingerprint density at radius 1 is 1.37 bits per heavy atom. The molecule has 102 valence electrons. The van der Waals surface area contributed by atoms with Gasteiger partial charge in [-0.2, -0.15) is 10.2 Å². The molecule has 2 aromatic rings. The van der Waals surface area contributed by atoms with Crippen molar-refractivity contribution in [3.63, 3.8) is 0 Å². The van der Waals surface area contributed by atoms with Crippen molar-refractivity contribution in [3.05, 3.63) is 33.3 Å². The molecular weight excluding hydrogens is 310 g/mol. The number of aromatic nitrogens is 4. The van der Waals surface area contributed by atoms with Gasteiger partial charge in [-0.1, -0.05) is 0 Å². The van der Waals surface area contributed by atoms with Crippen molar-refractivity contribution >= 4 is 21.8 Å². The molecule has 0 saturated heterocycles. The Hall–Kier alpha value is -1.63. The molecule has 0 saturated carbocycles. The van der Waals surface area contributed by atoms with Crippen molar-refractivity contribution in [2.45, 2.75) is 20.4 Å². The minimum atomic E-state index is -0.196. The van der Waals surface area contributed by atoms with Crippen molar-refractivity contribution in [2.24, 2.45) is 14.1 Å². The number of hydrogen-bond acceptors (Lipinski definition) is 3. The molecule has 6 nitrogen and oxygen atoms in total. The van der Waals surface area contributed by atoms with Gasteiger partial charge in [0.1, 0.15) is 0 Å². The summed E-state index contributed by atoms with van der Waals surface area (Å²) in [7, 11) is 3.67. The van der Waals surface area contributed by atoms with Crippen LogP contribution in [0.15, 0.2) is 10.7 Å². The number of halogens is 1. The number of aryl methyl sites for hydroxylation is 3. The molecule has 2 aromatic heterocycles. The normalized spacial score (nSPS) is 10.8. The van der Waals surface area contributed by atoms with Gasteiger partial charge in [0.15, 0.2) is 5.69 Å². The van der Waals surface area contributed by atoms with Crippen LogP contribution in [0.5, 0.6) is 0 Å². The second kappa shape index (κ2) is 5.16. The Bertz CT molecular complexity index is 628. The van der Waals surface area contributed by atoms with Gasteiger partial charge in [0.25, 0.3) is 5.91 Å². The Balaban J connectivity index is 2.09. The Morgan fingerprint density at radius 2 is 2.05 bits per heavy atom. The van der Waals surface area contributed by atoms with E-state index in [2.05, 4.69) is 31.4 Å². The first kappa shape index (κ1) is 13.8. The van der Waals surface area contributed by atoms with Gasteiger partial charge in [-0.25, -0.2) is 0 Å². The fraction of sp³-hybridized carbons (Fsp3) is 0.417. The first-order chi connectivity index (χ1) is 8.90. The fourth-order valence-electron chi connectivity index (χ4n) is 1.81. The lowest BCUT2D eigenvalue weighted by Gasteiger charge is -2.02. The van der Waals surface area contributed by atoms with Crippen molar-refractivity contribution in [2.75, 3.05) is 0 Å². The standard InChI is InChI=1S/C12H16BrN5O/c1-7-9(6-17(3)15-7)5-14-12(19)11-10(13)8(2)18(4)16-11/h6H,5H2,1-4H3,(H,14,19). The Morgan fingerprint density at radius 3 is 2.53 bits per heavy atom. The lowest BCUT2D eigenvalue weighted by atomic mass is 10.2. The second-order valence-corrected chi connectivity index (χ2v) is 5.26. The molecule has 0 unspecified atom stereocenters. The maximum Gasteiger partial charge on any atom is 0.273 e. The summed E-state index contributed by atoms with van der Waals surface area (Å²) in [5, 5.41) is 11.3. The molecule has 0 aliphatic heterocycles. The third-order valence-corrected chi connectivity index (χ3v) is 3.98. The molecular formula is C12H16BrN5O. The van der Waals surface area contributed by atoms with Crippen LogP contribution in [0.4, 0.5) is 0 Å². The van der Waals surface area contributed by atoms with Crippen LogP contribution in [0.2, 0.25) is 0 Å². The summed E-state index contributed by atoms with van der Waals surface area (Å²) in [6, 6.07) is 0. The third-order valence-electron chi connectivity index (χ3n) is 3.03. The quantitative estimate of drug-likeness (QED) is 0.929. The molecule has 0 aliphatic carbocycles. The fourth-order valence-corrected chi connectivity index (χ4v) is 2.32. The predicted molar refractivity (Wildman–Crippen MR) is 74.8 cm³/mol. The third kappa shape index (κ3) is 2.70. The van der Waals surface area contributed by atoms with Crippen LogP contribution in [0, 0.1) is 13.8 Å². The van der Waals surface area contributed by atoms with E-state index in [0.717, 1.165) is 21.4 Å². The summed E-state index contributed by atoms with van der Waals surface area (Å²) >= 11 is 3.39. The van der Waals surface area contributed by atoms with Gasteiger partial charge in [0.2, 0.25) is 0 Å². The number of nitrogens with zero attached hydrogens (tertiary/aromatic N) is 4. The van der Waals surface area contributed by atoms with Gasteiger partial charge in [0, 0.05) is 32.4 Å². The highest BCUT2D eigenvalue weighted by atomic mass is 79.9. The molecule has 19 heavy (non-hydrogen) atoms. The van der Waals surface area contributed by atoms with E-state index in [9.17, 15) is 4.79 Å². The van der Waals surface area contributed by atoms with Crippen LogP contribution >= 0.6 is 15.9 Å². The van der Waals surface area contributed by atoms with E-state index in [-0.39, 0.29) is 5.91 Å². The number of amides is 1. The van der Waals surface area contributed by atoms with Gasteiger partial charge in [-0.3, -0.25) is 14.2 Å². The average molecular weight is 326 g/mol. The lowest BCUT2D eigenvalue weighted by molar-refractivity contribution is 0.0944. The number of carbonyl (C=O) groups is 1. The second-order valence-electron chi connectivity index (χ2n) is 4.47. The topological polar surface area (TPSA) is 64.7 Å². The molecule has 0 atom stereocenters. The van der Waals surface area contributed by atoms with E-state index in [1.165, 1.54) is 0 Å². The first-order valence-corrected chi connectivity index (χ1v) is 6.66. The molecule has 1 amide bonds. The van der Waals surface area contributed by atoms with Gasteiger partial charge >= 0.3 is 0 Å². The van der Waals surface area contributed by atoms with Crippen molar-refractivity contribution in [3.8, 4) is 0 Å². The molecule has 7 heteroatoms. The minimum absolute atomic E-state index is 0.196. The molecule has 0 aromatic carbocycles. The zero-order chi connectivity index (χ0) is 14.2. The Labute approximate surface area is 119 Å². The smallest absolute Gasteiger partial charge is 0.273 e. The van der Waals surface area contributed by atoms with Crippen LogP contribution in [-0.4, -0.2) is 25.5 Å². The number of carbonyl (C=O) groups excluding carboxylic acids is 1. The molecule has 0 fully saturated rings. The molecule has 0 bridgehead atoms. The van der Waals surface area contributed by atoms with E-state index in [0.29, 0.717) is 12.2 Å². The van der Waals surface area contributed by atoms with E-state index in [1.807, 2.05) is 34.1 Å². The van der Waals surface area contributed by atoms with E-state index >= 15 is 0 Å². The average Bonchev–Trinajstić information content (AvgIpc) is 2.80. The summed E-state index contributed by atoms with van der Waals surface area (Å²) in [5.74, 6) is -0.196. The zero-order valence-electron chi connectivity index (χ0n) is 11.4. The summed E-state index contributed by atoms with van der Waals surface area (Å²) in [6.45, 7) is 4.27.